The van der Waals surface area contributed by atoms with Crippen LogP contribution in [0.3, 0.4) is 0 Å². The minimum atomic E-state index is -6.09. The largest absolute Gasteiger partial charge is 0.741 e. The van der Waals surface area contributed by atoms with Gasteiger partial charge >= 0.3 is 12.2 Å². The predicted octanol–water partition coefficient (Wildman–Crippen LogP) is 4.25. The molecule has 1 aromatic heterocycles. The molecule has 0 atom stereocenters. The number of nitrogens with zero attached hydrogens (tertiary/aromatic N) is 2. The van der Waals surface area contributed by atoms with Crippen LogP contribution in [0.4, 0.5) is 13.2 Å². The van der Waals surface area contributed by atoms with Gasteiger partial charge in [0, 0.05) is 0 Å². The van der Waals surface area contributed by atoms with Gasteiger partial charge in [-0.15, -0.1) is 0 Å². The number of rotatable bonds is 3. The molecular weight excluding hydrogens is 583 g/mol. The average molecular weight is 614 g/mol. The third-order valence-electron chi connectivity index (χ3n) is 5.83. The number of aryl methyl sites for hydroxylation is 8. The van der Waals surface area contributed by atoms with E-state index in [4.69, 9.17) is 47.8 Å². The van der Waals surface area contributed by atoms with Gasteiger partial charge < -0.3 is 4.55 Å². The Hall–Kier alpha value is -1.72. The maximum atomic E-state index is 10.7. The molecule has 0 unspecified atom stereocenters. The molecule has 5 nitrogen and oxygen atoms in total. The van der Waals surface area contributed by atoms with Crippen LogP contribution in [0.25, 0.3) is 0 Å². The molecular formula is C25H31BCl3F3N2O3S. The van der Waals surface area contributed by atoms with Crippen LogP contribution in [-0.4, -0.2) is 34.1 Å². The van der Waals surface area contributed by atoms with Crippen LogP contribution in [0, 0.1) is 41.5 Å². The number of hydrogen-bond donors (Lipinski definition) is 0. The van der Waals surface area contributed by atoms with E-state index in [9.17, 15) is 13.2 Å². The molecule has 0 saturated carbocycles. The van der Waals surface area contributed by atoms with Crippen LogP contribution in [0.2, 0.25) is 0 Å². The predicted molar refractivity (Wildman–Crippen MR) is 150 cm³/mol. The fourth-order valence-corrected chi connectivity index (χ4v) is 4.70. The summed E-state index contributed by atoms with van der Waals surface area (Å²) in [5.74, 6) is 0. The lowest BCUT2D eigenvalue weighted by atomic mass is 9.36. The SMILES string of the molecule is Cc1cc(C)c(B(c2c(C)cc(C)cc2C)c2n(C)cc[n+]2C)c(C)c1.ClC(Cl)Cl.O=S(=O)([O-])C(F)(F)F. The summed E-state index contributed by atoms with van der Waals surface area (Å²) in [6, 6.07) is 9.27. The van der Waals surface area contributed by atoms with Crippen LogP contribution in [0.15, 0.2) is 36.7 Å². The summed E-state index contributed by atoms with van der Waals surface area (Å²) in [6.45, 7) is 13.6. The normalized spacial score (nSPS) is 11.5. The molecule has 0 bridgehead atoms. The van der Waals surface area contributed by atoms with Gasteiger partial charge in [0.25, 0.3) is 0 Å². The Morgan fingerprint density at radius 2 is 1.16 bits per heavy atom. The van der Waals surface area contributed by atoms with Crippen molar-refractivity contribution in [1.29, 1.82) is 0 Å². The molecule has 0 amide bonds. The summed E-state index contributed by atoms with van der Waals surface area (Å²) in [6.07, 6.45) is 4.31. The molecule has 38 heavy (non-hydrogen) atoms. The van der Waals surface area contributed by atoms with Crippen LogP contribution in [0.1, 0.15) is 33.4 Å². The minimum Gasteiger partial charge on any atom is -0.741 e. The molecule has 3 rings (SSSR count). The van der Waals surface area contributed by atoms with Crippen molar-refractivity contribution in [2.45, 2.75) is 51.3 Å². The molecule has 0 fully saturated rings. The van der Waals surface area contributed by atoms with E-state index >= 15 is 0 Å². The highest BCUT2D eigenvalue weighted by Crippen LogP contribution is 2.20. The van der Waals surface area contributed by atoms with Crippen molar-refractivity contribution in [3.05, 3.63) is 70.0 Å². The third-order valence-corrected chi connectivity index (χ3v) is 6.40. The van der Waals surface area contributed by atoms with Crippen LogP contribution < -0.4 is 21.2 Å². The van der Waals surface area contributed by atoms with Gasteiger partial charge in [-0.3, -0.25) is 0 Å². The number of benzene rings is 2. The van der Waals surface area contributed by atoms with Gasteiger partial charge in [0.1, 0.15) is 12.4 Å². The Bertz CT molecular complexity index is 1250. The average Bonchev–Trinajstić information content (AvgIpc) is 3.01. The second-order valence-corrected chi connectivity index (χ2v) is 12.4. The molecule has 0 aliphatic heterocycles. The Morgan fingerprint density at radius 1 is 0.868 bits per heavy atom. The van der Waals surface area contributed by atoms with Crippen molar-refractivity contribution in [3.63, 3.8) is 0 Å². The molecule has 13 heteroatoms. The van der Waals surface area contributed by atoms with Gasteiger partial charge in [0.2, 0.25) is 5.72 Å². The molecule has 0 spiro atoms. The maximum Gasteiger partial charge on any atom is 0.485 e. The number of imidazole rings is 1. The zero-order valence-corrected chi connectivity index (χ0v) is 25.5. The molecule has 0 N–H and O–H groups in total. The lowest BCUT2D eigenvalue weighted by Gasteiger charge is -2.22. The van der Waals surface area contributed by atoms with Crippen LogP contribution in [0.5, 0.6) is 0 Å². The molecule has 210 valence electrons. The second-order valence-electron chi connectivity index (χ2n) is 9.08. The standard InChI is InChI=1S/C23H30BN2.CHCl3.CHF3O3S/c1-15-11-17(3)21(18(4)12-15)24(23-25(7)9-10-26(23)8)22-19(5)13-16(2)14-20(22)6;2-1(3)4;2-1(3,4)8(5,6)7/h9-14H,1-8H3;1H;(H,5,6,7)/q+1;;/p-1. The molecule has 1 heterocycles. The summed E-state index contributed by atoms with van der Waals surface area (Å²) in [4.78, 5) is 0. The highest BCUT2D eigenvalue weighted by Gasteiger charge is 2.38. The molecule has 0 aliphatic carbocycles. The molecule has 0 aliphatic rings. The Morgan fingerprint density at radius 3 is 1.37 bits per heavy atom. The number of aromatic nitrogens is 2. The van der Waals surface area contributed by atoms with E-state index in [1.807, 2.05) is 0 Å². The van der Waals surface area contributed by atoms with Gasteiger partial charge in [-0.2, -0.15) is 13.2 Å². The highest BCUT2D eigenvalue weighted by molar-refractivity contribution is 7.86. The van der Waals surface area contributed by atoms with Gasteiger partial charge in [-0.1, -0.05) is 103 Å². The van der Waals surface area contributed by atoms with Crippen LogP contribution in [-0.2, 0) is 24.2 Å². The number of halogens is 6. The molecule has 2 aromatic carbocycles. The molecule has 0 saturated heterocycles. The fraction of sp³-hybridized carbons (Fsp3) is 0.400. The van der Waals surface area contributed by atoms with E-state index in [1.165, 1.54) is 50.0 Å². The van der Waals surface area contributed by atoms with Crippen molar-refractivity contribution in [1.82, 2.24) is 4.57 Å². The summed E-state index contributed by atoms with van der Waals surface area (Å²) in [7, 11) is -1.78. The first kappa shape index (κ1) is 34.3. The highest BCUT2D eigenvalue weighted by atomic mass is 35.6. The molecule has 0 radical (unpaired) electrons. The summed E-state index contributed by atoms with van der Waals surface area (Å²) in [5, 5.41) is 0. The van der Waals surface area contributed by atoms with E-state index in [2.05, 4.69) is 101 Å². The van der Waals surface area contributed by atoms with E-state index in [0.29, 0.717) is 0 Å². The van der Waals surface area contributed by atoms with Gasteiger partial charge in [0.05, 0.1) is 14.1 Å². The topological polar surface area (TPSA) is 66.0 Å². The van der Waals surface area contributed by atoms with Gasteiger partial charge in [0.15, 0.2) is 14.4 Å². The number of hydrogen-bond acceptors (Lipinski definition) is 3. The van der Waals surface area contributed by atoms with Gasteiger partial charge in [-0.05, 0) is 41.5 Å². The van der Waals surface area contributed by atoms with E-state index in [1.54, 1.807) is 0 Å². The van der Waals surface area contributed by atoms with Crippen molar-refractivity contribution in [3.8, 4) is 0 Å². The van der Waals surface area contributed by atoms with Gasteiger partial charge in [-0.25, -0.2) is 17.6 Å². The van der Waals surface area contributed by atoms with Crippen molar-refractivity contribution in [2.75, 3.05) is 0 Å². The Balaban J connectivity index is 0.000000504. The van der Waals surface area contributed by atoms with E-state index in [0.717, 1.165) is 0 Å². The Labute approximate surface area is 238 Å². The first-order chi connectivity index (χ1) is 17.2. The first-order valence-electron chi connectivity index (χ1n) is 11.3. The first-order valence-corrected chi connectivity index (χ1v) is 14.0. The summed E-state index contributed by atoms with van der Waals surface area (Å²) < 4.78 is 62.7. The lowest BCUT2D eigenvalue weighted by molar-refractivity contribution is -0.653. The maximum absolute atomic E-state index is 10.7. The smallest absolute Gasteiger partial charge is 0.485 e. The van der Waals surface area contributed by atoms with Crippen LogP contribution >= 0.6 is 34.8 Å². The molecule has 3 aromatic rings. The van der Waals surface area contributed by atoms with Crippen molar-refractivity contribution in [2.24, 2.45) is 14.1 Å². The summed E-state index contributed by atoms with van der Waals surface area (Å²) >= 11 is 14.4. The zero-order valence-electron chi connectivity index (χ0n) is 22.4. The zero-order chi connectivity index (χ0) is 29.7. The van der Waals surface area contributed by atoms with Crippen molar-refractivity contribution >= 4 is 68.3 Å². The third kappa shape index (κ3) is 9.19. The number of alkyl halides is 6. The van der Waals surface area contributed by atoms with E-state index < -0.39 is 19.9 Å². The lowest BCUT2D eigenvalue weighted by Crippen LogP contribution is -2.67. The quantitative estimate of drug-likeness (QED) is 0.146. The monoisotopic (exact) mass is 612 g/mol. The summed E-state index contributed by atoms with van der Waals surface area (Å²) in [5.41, 5.74) is 6.67. The fourth-order valence-electron chi connectivity index (χ4n) is 4.70. The van der Waals surface area contributed by atoms with E-state index in [-0.39, 0.29) is 6.71 Å². The van der Waals surface area contributed by atoms with Crippen molar-refractivity contribution < 1.29 is 30.7 Å². The second kappa shape index (κ2) is 13.6. The Kier molecular flexibility index (Phi) is 12.3. The minimum absolute atomic E-state index is 0.223.